The van der Waals surface area contributed by atoms with Crippen molar-refractivity contribution >= 4 is 37.9 Å². The molecule has 0 saturated heterocycles. The Morgan fingerprint density at radius 2 is 2.33 bits per heavy atom. The number of nitrogens with two attached hydrogens (primary N) is 1. The third-order valence-corrected chi connectivity index (χ3v) is 4.13. The number of halogens is 1. The molecule has 0 amide bonds. The van der Waals surface area contributed by atoms with Crippen LogP contribution < -0.4 is 10.5 Å². The highest BCUT2D eigenvalue weighted by Crippen LogP contribution is 2.30. The summed E-state index contributed by atoms with van der Waals surface area (Å²) in [5, 5.41) is 2.00. The zero-order chi connectivity index (χ0) is 12.5. The number of fused-ring (bicyclic) bond motifs is 1. The monoisotopic (exact) mass is 323 g/mol. The number of hydrogen-bond acceptors (Lipinski definition) is 4. The van der Waals surface area contributed by atoms with E-state index in [4.69, 9.17) is 10.5 Å². The summed E-state index contributed by atoms with van der Waals surface area (Å²) in [4.78, 5) is 5.42. The van der Waals surface area contributed by atoms with E-state index in [1.165, 1.54) is 0 Å². The van der Waals surface area contributed by atoms with E-state index in [9.17, 15) is 0 Å². The number of benzene rings is 1. The molecular weight excluding hydrogens is 314 g/mol. The first-order valence-electron chi connectivity index (χ1n) is 5.32. The smallest absolute Gasteiger partial charge is 0.193 e. The maximum Gasteiger partial charge on any atom is 0.193 e. The van der Waals surface area contributed by atoms with Crippen LogP contribution in [0.4, 0.5) is 5.69 Å². The van der Waals surface area contributed by atoms with Crippen LogP contribution >= 0.6 is 27.3 Å². The Morgan fingerprint density at radius 3 is 3.17 bits per heavy atom. The minimum absolute atomic E-state index is 0.427. The number of hydrogen-bond donors (Lipinski definition) is 1. The summed E-state index contributed by atoms with van der Waals surface area (Å²) >= 11 is 5.01. The molecule has 6 heteroatoms. The highest BCUT2D eigenvalue weighted by molar-refractivity contribution is 9.10. The van der Waals surface area contributed by atoms with Crippen LogP contribution in [0.1, 0.15) is 5.69 Å². The van der Waals surface area contributed by atoms with Gasteiger partial charge in [0.15, 0.2) is 4.96 Å². The van der Waals surface area contributed by atoms with Crippen LogP contribution in [-0.2, 0) is 6.61 Å². The summed E-state index contributed by atoms with van der Waals surface area (Å²) in [6.45, 7) is 0.427. The van der Waals surface area contributed by atoms with Crippen molar-refractivity contribution in [2.75, 3.05) is 5.73 Å². The number of nitrogens with zero attached hydrogens (tertiary/aromatic N) is 2. The molecule has 4 nitrogen and oxygen atoms in total. The van der Waals surface area contributed by atoms with Gasteiger partial charge in [-0.2, -0.15) is 0 Å². The number of nitrogen functional groups attached to an aromatic ring is 1. The van der Waals surface area contributed by atoms with E-state index in [0.29, 0.717) is 12.3 Å². The summed E-state index contributed by atoms with van der Waals surface area (Å²) in [6, 6.07) is 5.56. The van der Waals surface area contributed by atoms with Crippen LogP contribution in [0.5, 0.6) is 5.75 Å². The van der Waals surface area contributed by atoms with E-state index in [1.807, 2.05) is 40.4 Å². The summed E-state index contributed by atoms with van der Waals surface area (Å²) in [7, 11) is 0. The van der Waals surface area contributed by atoms with E-state index >= 15 is 0 Å². The minimum Gasteiger partial charge on any atom is -0.486 e. The van der Waals surface area contributed by atoms with Crippen molar-refractivity contribution in [1.82, 2.24) is 9.38 Å². The van der Waals surface area contributed by atoms with Crippen molar-refractivity contribution in [3.05, 3.63) is 46.1 Å². The second-order valence-corrected chi connectivity index (χ2v) is 5.44. The van der Waals surface area contributed by atoms with Gasteiger partial charge in [0.2, 0.25) is 0 Å². The van der Waals surface area contributed by atoms with Crippen molar-refractivity contribution in [3.63, 3.8) is 0 Å². The quantitative estimate of drug-likeness (QED) is 0.752. The lowest BCUT2D eigenvalue weighted by atomic mass is 10.3. The van der Waals surface area contributed by atoms with Crippen LogP contribution in [0.3, 0.4) is 0 Å². The Labute approximate surface area is 116 Å². The lowest BCUT2D eigenvalue weighted by molar-refractivity contribution is 0.300. The highest BCUT2D eigenvalue weighted by atomic mass is 79.9. The molecule has 2 N–H and O–H groups in total. The first-order chi connectivity index (χ1) is 8.74. The third-order valence-electron chi connectivity index (χ3n) is 2.51. The summed E-state index contributed by atoms with van der Waals surface area (Å²) in [5.41, 5.74) is 7.35. The van der Waals surface area contributed by atoms with Gasteiger partial charge in [-0.15, -0.1) is 11.3 Å². The summed E-state index contributed by atoms with van der Waals surface area (Å²) in [5.74, 6) is 0.728. The van der Waals surface area contributed by atoms with Gasteiger partial charge in [-0.05, 0) is 28.1 Å². The fourth-order valence-corrected chi connectivity index (χ4v) is 2.73. The molecule has 0 atom stereocenters. The number of rotatable bonds is 3. The summed E-state index contributed by atoms with van der Waals surface area (Å²) in [6.07, 6.45) is 3.94. The predicted molar refractivity (Wildman–Crippen MR) is 76.0 cm³/mol. The standard InChI is InChI=1S/C12H10BrN3OS/c13-11-9(14)2-1-3-10(11)17-7-8-6-16-4-5-18-12(16)15-8/h1-6H,7,14H2. The van der Waals surface area contributed by atoms with E-state index < -0.39 is 0 Å². The van der Waals surface area contributed by atoms with Gasteiger partial charge in [0.05, 0.1) is 10.2 Å². The van der Waals surface area contributed by atoms with Crippen LogP contribution in [0.25, 0.3) is 4.96 Å². The predicted octanol–water partition coefficient (Wildman–Crippen LogP) is 3.32. The molecule has 0 aliphatic rings. The number of thiazole rings is 1. The molecule has 0 aliphatic heterocycles. The average Bonchev–Trinajstić information content (AvgIpc) is 2.91. The molecular formula is C12H10BrN3OS. The van der Waals surface area contributed by atoms with Crippen molar-refractivity contribution in [1.29, 1.82) is 0 Å². The van der Waals surface area contributed by atoms with Crippen LogP contribution in [0.2, 0.25) is 0 Å². The van der Waals surface area contributed by atoms with E-state index in [2.05, 4.69) is 20.9 Å². The van der Waals surface area contributed by atoms with Gasteiger partial charge in [0, 0.05) is 23.5 Å². The highest BCUT2D eigenvalue weighted by Gasteiger charge is 2.07. The zero-order valence-corrected chi connectivity index (χ0v) is 11.7. The van der Waals surface area contributed by atoms with Gasteiger partial charge in [0.25, 0.3) is 0 Å². The van der Waals surface area contributed by atoms with Gasteiger partial charge in [-0.3, -0.25) is 4.40 Å². The fourth-order valence-electron chi connectivity index (χ4n) is 1.64. The Morgan fingerprint density at radius 1 is 1.44 bits per heavy atom. The Kier molecular flexibility index (Phi) is 2.97. The molecule has 2 heterocycles. The van der Waals surface area contributed by atoms with Crippen molar-refractivity contribution < 1.29 is 4.74 Å². The molecule has 0 radical (unpaired) electrons. The van der Waals surface area contributed by atoms with Crippen LogP contribution in [-0.4, -0.2) is 9.38 Å². The molecule has 3 aromatic rings. The van der Waals surface area contributed by atoms with Crippen LogP contribution in [0.15, 0.2) is 40.4 Å². The van der Waals surface area contributed by atoms with Gasteiger partial charge in [0.1, 0.15) is 12.4 Å². The summed E-state index contributed by atoms with van der Waals surface area (Å²) < 4.78 is 8.47. The minimum atomic E-state index is 0.427. The molecule has 0 aliphatic carbocycles. The molecule has 0 saturated carbocycles. The SMILES string of the molecule is Nc1cccc(OCc2cn3ccsc3n2)c1Br. The molecule has 0 spiro atoms. The maximum atomic E-state index is 5.79. The maximum absolute atomic E-state index is 5.79. The van der Waals surface area contributed by atoms with Gasteiger partial charge >= 0.3 is 0 Å². The lowest BCUT2D eigenvalue weighted by Crippen LogP contribution is -1.97. The number of aromatic nitrogens is 2. The lowest BCUT2D eigenvalue weighted by Gasteiger charge is -2.07. The second-order valence-electron chi connectivity index (χ2n) is 3.77. The Bertz CT molecular complexity index is 663. The number of anilines is 1. The van der Waals surface area contributed by atoms with E-state index in [1.54, 1.807) is 11.3 Å². The molecule has 18 heavy (non-hydrogen) atoms. The molecule has 0 bridgehead atoms. The van der Waals surface area contributed by atoms with Crippen molar-refractivity contribution in [2.45, 2.75) is 6.61 Å². The molecule has 0 unspecified atom stereocenters. The Balaban J connectivity index is 1.78. The van der Waals surface area contributed by atoms with Gasteiger partial charge in [-0.25, -0.2) is 4.98 Å². The zero-order valence-electron chi connectivity index (χ0n) is 9.34. The van der Waals surface area contributed by atoms with E-state index in [0.717, 1.165) is 20.9 Å². The second kappa shape index (κ2) is 4.62. The molecule has 2 aromatic heterocycles. The van der Waals surface area contributed by atoms with Crippen LogP contribution in [0, 0.1) is 0 Å². The normalized spacial score (nSPS) is 10.9. The number of imidazole rings is 1. The molecule has 3 rings (SSSR count). The third kappa shape index (κ3) is 2.09. The first-order valence-corrected chi connectivity index (χ1v) is 6.99. The van der Waals surface area contributed by atoms with Gasteiger partial charge < -0.3 is 10.5 Å². The topological polar surface area (TPSA) is 52.5 Å². The molecule has 92 valence electrons. The Hall–Kier alpha value is -1.53. The first kappa shape index (κ1) is 11.6. The molecule has 0 fully saturated rings. The number of ether oxygens (including phenoxy) is 1. The van der Waals surface area contributed by atoms with Gasteiger partial charge in [-0.1, -0.05) is 6.07 Å². The average molecular weight is 324 g/mol. The fraction of sp³-hybridized carbons (Fsp3) is 0.0833. The van der Waals surface area contributed by atoms with E-state index in [-0.39, 0.29) is 0 Å². The van der Waals surface area contributed by atoms with Crippen molar-refractivity contribution in [3.8, 4) is 5.75 Å². The largest absolute Gasteiger partial charge is 0.486 e. The van der Waals surface area contributed by atoms with Crippen molar-refractivity contribution in [2.24, 2.45) is 0 Å². The molecule has 1 aromatic carbocycles.